The molecule has 2 rings (SSSR count). The van der Waals surface area contributed by atoms with Crippen molar-refractivity contribution < 1.29 is 4.39 Å². The standard InChI is InChI=1S/C15H24FN3/c1-11-9-19(10-15(11)18(2)3)14(8-17)12-5-4-6-13(16)7-12/h4-7,11,14-15H,8-10,17H2,1-3H3. The summed E-state index contributed by atoms with van der Waals surface area (Å²) in [5, 5.41) is 0. The number of hydrogen-bond acceptors (Lipinski definition) is 3. The first-order chi connectivity index (χ1) is 9.02. The fourth-order valence-electron chi connectivity index (χ4n) is 3.12. The zero-order valence-corrected chi connectivity index (χ0v) is 12.0. The first kappa shape index (κ1) is 14.4. The molecule has 0 spiro atoms. The van der Waals surface area contributed by atoms with Crippen molar-refractivity contribution in [2.24, 2.45) is 11.7 Å². The molecule has 0 saturated carbocycles. The van der Waals surface area contributed by atoms with Crippen molar-refractivity contribution >= 4 is 0 Å². The maximum Gasteiger partial charge on any atom is 0.123 e. The van der Waals surface area contributed by atoms with Crippen LogP contribution in [0.1, 0.15) is 18.5 Å². The average molecular weight is 265 g/mol. The number of benzene rings is 1. The van der Waals surface area contributed by atoms with E-state index in [1.165, 1.54) is 6.07 Å². The SMILES string of the molecule is CC1CN(C(CN)c2cccc(F)c2)CC1N(C)C. The van der Waals surface area contributed by atoms with E-state index in [9.17, 15) is 4.39 Å². The first-order valence-corrected chi connectivity index (χ1v) is 6.89. The lowest BCUT2D eigenvalue weighted by Crippen LogP contribution is -2.36. The van der Waals surface area contributed by atoms with Gasteiger partial charge in [0.05, 0.1) is 0 Å². The number of nitrogens with two attached hydrogens (primary N) is 1. The minimum absolute atomic E-state index is 0.114. The molecule has 2 N–H and O–H groups in total. The largest absolute Gasteiger partial charge is 0.329 e. The molecule has 1 fully saturated rings. The molecule has 1 heterocycles. The Kier molecular flexibility index (Phi) is 4.55. The van der Waals surface area contributed by atoms with Crippen LogP contribution in [0.4, 0.5) is 4.39 Å². The Balaban J connectivity index is 2.15. The Bertz CT molecular complexity index is 422. The minimum Gasteiger partial charge on any atom is -0.329 e. The third-order valence-corrected chi connectivity index (χ3v) is 4.16. The fourth-order valence-corrected chi connectivity index (χ4v) is 3.12. The second-order valence-electron chi connectivity index (χ2n) is 5.77. The molecular formula is C15H24FN3. The van der Waals surface area contributed by atoms with Crippen molar-refractivity contribution in [3.05, 3.63) is 35.6 Å². The Morgan fingerprint density at radius 3 is 2.68 bits per heavy atom. The van der Waals surface area contributed by atoms with Crippen molar-refractivity contribution in [2.75, 3.05) is 33.7 Å². The molecule has 4 heteroatoms. The van der Waals surface area contributed by atoms with Crippen LogP contribution in [0.3, 0.4) is 0 Å². The molecule has 0 bridgehead atoms. The van der Waals surface area contributed by atoms with Gasteiger partial charge in [0.2, 0.25) is 0 Å². The molecular weight excluding hydrogens is 241 g/mol. The van der Waals surface area contributed by atoms with Gasteiger partial charge >= 0.3 is 0 Å². The highest BCUT2D eigenvalue weighted by atomic mass is 19.1. The van der Waals surface area contributed by atoms with Crippen molar-refractivity contribution in [3.63, 3.8) is 0 Å². The Morgan fingerprint density at radius 1 is 1.42 bits per heavy atom. The monoisotopic (exact) mass is 265 g/mol. The second kappa shape index (κ2) is 5.99. The van der Waals surface area contributed by atoms with Gasteiger partial charge in [-0.05, 0) is 37.7 Å². The third kappa shape index (κ3) is 3.14. The molecule has 1 aliphatic heterocycles. The van der Waals surface area contributed by atoms with Crippen molar-refractivity contribution in [2.45, 2.75) is 19.0 Å². The van der Waals surface area contributed by atoms with E-state index in [0.29, 0.717) is 18.5 Å². The summed E-state index contributed by atoms with van der Waals surface area (Å²) in [5.74, 6) is 0.421. The molecule has 0 aliphatic carbocycles. The highest BCUT2D eigenvalue weighted by molar-refractivity contribution is 5.21. The third-order valence-electron chi connectivity index (χ3n) is 4.16. The van der Waals surface area contributed by atoms with E-state index < -0.39 is 0 Å². The molecule has 1 aromatic rings. The number of likely N-dealkylation sites (tertiary alicyclic amines) is 1. The van der Waals surface area contributed by atoms with Crippen molar-refractivity contribution in [1.82, 2.24) is 9.80 Å². The summed E-state index contributed by atoms with van der Waals surface area (Å²) in [4.78, 5) is 4.65. The number of halogens is 1. The van der Waals surface area contributed by atoms with Gasteiger partial charge in [-0.1, -0.05) is 19.1 Å². The van der Waals surface area contributed by atoms with Crippen LogP contribution in [-0.4, -0.2) is 49.6 Å². The summed E-state index contributed by atoms with van der Waals surface area (Å²) in [6.45, 7) is 4.80. The van der Waals surface area contributed by atoms with Crippen molar-refractivity contribution in [3.8, 4) is 0 Å². The normalized spacial score (nSPS) is 26.0. The maximum absolute atomic E-state index is 13.4. The van der Waals surface area contributed by atoms with Crippen LogP contribution in [0.25, 0.3) is 0 Å². The van der Waals surface area contributed by atoms with Crippen molar-refractivity contribution in [1.29, 1.82) is 0 Å². The van der Waals surface area contributed by atoms with Gasteiger partial charge in [-0.15, -0.1) is 0 Å². The van der Waals surface area contributed by atoms with Gasteiger partial charge in [0, 0.05) is 31.7 Å². The van der Waals surface area contributed by atoms with Gasteiger partial charge in [0.25, 0.3) is 0 Å². The quantitative estimate of drug-likeness (QED) is 0.899. The average Bonchev–Trinajstić information content (AvgIpc) is 2.72. The fraction of sp³-hybridized carbons (Fsp3) is 0.600. The molecule has 1 aliphatic rings. The summed E-state index contributed by atoms with van der Waals surface area (Å²) < 4.78 is 13.4. The summed E-state index contributed by atoms with van der Waals surface area (Å²) in [6, 6.07) is 7.47. The maximum atomic E-state index is 13.4. The molecule has 0 amide bonds. The first-order valence-electron chi connectivity index (χ1n) is 6.89. The molecule has 0 radical (unpaired) electrons. The molecule has 3 atom stereocenters. The van der Waals surface area contributed by atoms with E-state index in [-0.39, 0.29) is 11.9 Å². The van der Waals surface area contributed by atoms with E-state index >= 15 is 0 Å². The summed E-state index contributed by atoms with van der Waals surface area (Å²) in [5.41, 5.74) is 6.90. The van der Waals surface area contributed by atoms with Crippen LogP contribution >= 0.6 is 0 Å². The van der Waals surface area contributed by atoms with Gasteiger partial charge in [-0.3, -0.25) is 4.90 Å². The van der Waals surface area contributed by atoms with Gasteiger partial charge < -0.3 is 10.6 Å². The van der Waals surface area contributed by atoms with Gasteiger partial charge in [0.15, 0.2) is 0 Å². The van der Waals surface area contributed by atoms with E-state index in [2.05, 4.69) is 30.8 Å². The Morgan fingerprint density at radius 2 is 2.16 bits per heavy atom. The predicted octanol–water partition coefficient (Wildman–Crippen LogP) is 1.71. The van der Waals surface area contributed by atoms with Gasteiger partial charge in [-0.2, -0.15) is 0 Å². The summed E-state index contributed by atoms with van der Waals surface area (Å²) in [6.07, 6.45) is 0. The van der Waals surface area contributed by atoms with Crippen LogP contribution < -0.4 is 5.73 Å². The molecule has 0 aromatic heterocycles. The molecule has 3 unspecified atom stereocenters. The summed E-state index contributed by atoms with van der Waals surface area (Å²) in [7, 11) is 4.23. The number of hydrogen-bond donors (Lipinski definition) is 1. The molecule has 1 saturated heterocycles. The molecule has 3 nitrogen and oxygen atoms in total. The zero-order chi connectivity index (χ0) is 14.0. The number of nitrogens with zero attached hydrogens (tertiary/aromatic N) is 2. The number of rotatable bonds is 4. The Labute approximate surface area is 115 Å². The zero-order valence-electron chi connectivity index (χ0n) is 12.0. The minimum atomic E-state index is -0.188. The predicted molar refractivity (Wildman–Crippen MR) is 76.4 cm³/mol. The Hall–Kier alpha value is -0.970. The van der Waals surface area contributed by atoms with E-state index in [1.807, 2.05) is 6.07 Å². The van der Waals surface area contributed by atoms with Crippen LogP contribution in [0.5, 0.6) is 0 Å². The van der Waals surface area contributed by atoms with Crippen LogP contribution in [0.2, 0.25) is 0 Å². The van der Waals surface area contributed by atoms with Gasteiger partial charge in [-0.25, -0.2) is 4.39 Å². The van der Waals surface area contributed by atoms with Crippen LogP contribution in [-0.2, 0) is 0 Å². The topological polar surface area (TPSA) is 32.5 Å². The lowest BCUT2D eigenvalue weighted by Gasteiger charge is -2.28. The molecule has 1 aromatic carbocycles. The second-order valence-corrected chi connectivity index (χ2v) is 5.77. The van der Waals surface area contributed by atoms with E-state index in [4.69, 9.17) is 5.73 Å². The van der Waals surface area contributed by atoms with E-state index in [1.54, 1.807) is 12.1 Å². The lowest BCUT2D eigenvalue weighted by atomic mass is 10.1. The summed E-state index contributed by atoms with van der Waals surface area (Å²) >= 11 is 0. The van der Waals surface area contributed by atoms with Gasteiger partial charge in [0.1, 0.15) is 5.82 Å². The highest BCUT2D eigenvalue weighted by Gasteiger charge is 2.34. The molecule has 106 valence electrons. The highest BCUT2D eigenvalue weighted by Crippen LogP contribution is 2.29. The smallest absolute Gasteiger partial charge is 0.123 e. The van der Waals surface area contributed by atoms with Crippen LogP contribution in [0.15, 0.2) is 24.3 Å². The van der Waals surface area contributed by atoms with E-state index in [0.717, 1.165) is 18.7 Å². The molecule has 19 heavy (non-hydrogen) atoms. The lowest BCUT2D eigenvalue weighted by molar-refractivity contribution is 0.219. The number of likely N-dealkylation sites (N-methyl/N-ethyl adjacent to an activating group) is 1. The van der Waals surface area contributed by atoms with Crippen LogP contribution in [0, 0.1) is 11.7 Å².